The molecular weight excluding hydrogens is 286 g/mol. The number of rotatable bonds is 3. The molecule has 0 aromatic carbocycles. The van der Waals surface area contributed by atoms with Crippen LogP contribution in [0.15, 0.2) is 11.4 Å². The summed E-state index contributed by atoms with van der Waals surface area (Å²) in [6, 6.07) is 2.10. The van der Waals surface area contributed by atoms with Crippen molar-refractivity contribution in [3.05, 3.63) is 21.9 Å². The van der Waals surface area contributed by atoms with Crippen molar-refractivity contribution >= 4 is 17.2 Å². The third kappa shape index (κ3) is 3.15. The van der Waals surface area contributed by atoms with Crippen LogP contribution >= 0.6 is 11.3 Å². The molecule has 1 unspecified atom stereocenters. The van der Waals surface area contributed by atoms with Gasteiger partial charge >= 0.3 is 0 Å². The van der Waals surface area contributed by atoms with Gasteiger partial charge in [-0.1, -0.05) is 0 Å². The van der Waals surface area contributed by atoms with Crippen LogP contribution in [0, 0.1) is 0 Å². The van der Waals surface area contributed by atoms with Crippen LogP contribution in [0.25, 0.3) is 0 Å². The number of amides is 1. The van der Waals surface area contributed by atoms with Crippen molar-refractivity contribution in [1.82, 2.24) is 4.90 Å². The molecule has 116 valence electrons. The molecule has 1 aliphatic carbocycles. The van der Waals surface area contributed by atoms with Gasteiger partial charge in [0.05, 0.1) is 11.5 Å². The molecule has 0 saturated carbocycles. The number of hydrogen-bond acceptors (Lipinski definition) is 4. The Balaban J connectivity index is 1.68. The van der Waals surface area contributed by atoms with Crippen LogP contribution < -0.4 is 0 Å². The largest absolute Gasteiger partial charge is 0.388 e. The molecule has 2 heterocycles. The number of carbonyl (C=O) groups is 1. The Bertz CT molecular complexity index is 507. The fraction of sp³-hybridized carbons (Fsp3) is 0.688. The normalized spacial score (nSPS) is 24.4. The van der Waals surface area contributed by atoms with Gasteiger partial charge in [-0.2, -0.15) is 0 Å². The van der Waals surface area contributed by atoms with E-state index in [9.17, 15) is 9.90 Å². The van der Waals surface area contributed by atoms with E-state index >= 15 is 0 Å². The molecule has 1 N–H and O–H groups in total. The zero-order chi connectivity index (χ0) is 14.9. The first-order chi connectivity index (χ1) is 10.1. The van der Waals surface area contributed by atoms with Gasteiger partial charge in [-0.15, -0.1) is 11.3 Å². The number of nitrogens with zero attached hydrogens (tertiary/aromatic N) is 1. The van der Waals surface area contributed by atoms with E-state index in [1.807, 2.05) is 7.05 Å². The minimum absolute atomic E-state index is 0.0200. The highest BCUT2D eigenvalue weighted by Gasteiger charge is 2.35. The van der Waals surface area contributed by atoms with Gasteiger partial charge in [0.15, 0.2) is 0 Å². The predicted octanol–water partition coefficient (Wildman–Crippen LogP) is 2.17. The number of thiophene rings is 1. The summed E-state index contributed by atoms with van der Waals surface area (Å²) in [6.45, 7) is 1.57. The van der Waals surface area contributed by atoms with Crippen molar-refractivity contribution in [3.8, 4) is 0 Å². The van der Waals surface area contributed by atoms with E-state index in [1.54, 1.807) is 16.2 Å². The Kier molecular flexibility index (Phi) is 4.33. The Labute approximate surface area is 129 Å². The summed E-state index contributed by atoms with van der Waals surface area (Å²) in [4.78, 5) is 15.8. The maximum Gasteiger partial charge on any atom is 0.229 e. The third-order valence-electron chi connectivity index (χ3n) is 4.68. The molecule has 1 saturated heterocycles. The fourth-order valence-corrected chi connectivity index (χ4v) is 4.43. The lowest BCUT2D eigenvalue weighted by atomic mass is 9.86. The summed E-state index contributed by atoms with van der Waals surface area (Å²) in [7, 11) is 1.82. The lowest BCUT2D eigenvalue weighted by molar-refractivity contribution is -0.138. The highest BCUT2D eigenvalue weighted by atomic mass is 32.1. The topological polar surface area (TPSA) is 49.8 Å². The van der Waals surface area contributed by atoms with Crippen molar-refractivity contribution < 1.29 is 14.6 Å². The Hall–Kier alpha value is -0.910. The molecule has 1 fully saturated rings. The molecule has 1 amide bonds. The maximum absolute atomic E-state index is 12.8. The first-order valence-electron chi connectivity index (χ1n) is 7.70. The van der Waals surface area contributed by atoms with Crippen LogP contribution in [0.5, 0.6) is 0 Å². The number of fused-ring (bicyclic) bond motifs is 1. The van der Waals surface area contributed by atoms with Crippen LogP contribution in [-0.4, -0.2) is 48.3 Å². The SMILES string of the molecule is CN(CC1(O)CCOCC1)C(=O)C1CCCc2sccc21. The minimum atomic E-state index is -0.783. The molecular formula is C16H23NO3S. The van der Waals surface area contributed by atoms with Gasteiger partial charge in [-0.25, -0.2) is 0 Å². The number of hydrogen-bond donors (Lipinski definition) is 1. The highest BCUT2D eigenvalue weighted by molar-refractivity contribution is 7.10. The number of likely N-dealkylation sites (N-methyl/N-ethyl adjacent to an activating group) is 1. The molecule has 0 bridgehead atoms. The van der Waals surface area contributed by atoms with Crippen LogP contribution in [0.4, 0.5) is 0 Å². The summed E-state index contributed by atoms with van der Waals surface area (Å²) in [5.41, 5.74) is 0.427. The monoisotopic (exact) mass is 309 g/mol. The Morgan fingerprint density at radius 2 is 2.29 bits per heavy atom. The molecule has 4 nitrogen and oxygen atoms in total. The fourth-order valence-electron chi connectivity index (χ4n) is 3.44. The quantitative estimate of drug-likeness (QED) is 0.931. The van der Waals surface area contributed by atoms with Crippen molar-refractivity contribution in [1.29, 1.82) is 0 Å². The molecule has 3 rings (SSSR count). The number of ether oxygens (including phenoxy) is 1. The average Bonchev–Trinajstić information content (AvgIpc) is 2.95. The van der Waals surface area contributed by atoms with Crippen molar-refractivity contribution in [2.45, 2.75) is 43.6 Å². The lowest BCUT2D eigenvalue weighted by Gasteiger charge is -2.37. The zero-order valence-electron chi connectivity index (χ0n) is 12.5. The zero-order valence-corrected chi connectivity index (χ0v) is 13.3. The van der Waals surface area contributed by atoms with Crippen LogP contribution in [0.1, 0.15) is 42.0 Å². The van der Waals surface area contributed by atoms with Gasteiger partial charge in [-0.3, -0.25) is 4.79 Å². The third-order valence-corrected chi connectivity index (χ3v) is 5.68. The summed E-state index contributed by atoms with van der Waals surface area (Å²) in [5, 5.41) is 12.7. The molecule has 1 aromatic heterocycles. The number of aryl methyl sites for hydroxylation is 1. The second-order valence-electron chi connectivity index (χ2n) is 6.27. The Morgan fingerprint density at radius 1 is 1.52 bits per heavy atom. The first kappa shape index (κ1) is 15.0. The second kappa shape index (κ2) is 6.07. The number of carbonyl (C=O) groups excluding carboxylic acids is 1. The number of aliphatic hydroxyl groups is 1. The average molecular weight is 309 g/mol. The molecule has 21 heavy (non-hydrogen) atoms. The summed E-state index contributed by atoms with van der Waals surface area (Å²) in [6.07, 6.45) is 4.32. The summed E-state index contributed by atoms with van der Waals surface area (Å²) >= 11 is 1.76. The summed E-state index contributed by atoms with van der Waals surface area (Å²) in [5.74, 6) is 0.128. The van der Waals surface area contributed by atoms with Crippen molar-refractivity contribution in [2.24, 2.45) is 0 Å². The molecule has 1 atom stereocenters. The van der Waals surface area contributed by atoms with E-state index in [1.165, 1.54) is 10.4 Å². The highest BCUT2D eigenvalue weighted by Crippen LogP contribution is 2.36. The van der Waals surface area contributed by atoms with Crippen LogP contribution in [0.2, 0.25) is 0 Å². The molecule has 2 aliphatic rings. The van der Waals surface area contributed by atoms with Gasteiger partial charge in [0, 0.05) is 44.5 Å². The van der Waals surface area contributed by atoms with E-state index in [-0.39, 0.29) is 11.8 Å². The standard InChI is InChI=1S/C16H23NO3S/c1-17(11-16(19)6-8-20-9-7-16)15(18)13-3-2-4-14-12(13)5-10-21-14/h5,10,13,19H,2-4,6-9,11H2,1H3. The molecule has 1 aliphatic heterocycles. The minimum Gasteiger partial charge on any atom is -0.388 e. The maximum atomic E-state index is 12.8. The smallest absolute Gasteiger partial charge is 0.229 e. The van der Waals surface area contributed by atoms with Gasteiger partial charge in [0.1, 0.15) is 0 Å². The van der Waals surface area contributed by atoms with Gasteiger partial charge in [0.25, 0.3) is 0 Å². The second-order valence-corrected chi connectivity index (χ2v) is 7.28. The lowest BCUT2D eigenvalue weighted by Crippen LogP contribution is -2.48. The first-order valence-corrected chi connectivity index (χ1v) is 8.58. The van der Waals surface area contributed by atoms with E-state index in [2.05, 4.69) is 11.4 Å². The van der Waals surface area contributed by atoms with Gasteiger partial charge in [0.2, 0.25) is 5.91 Å². The van der Waals surface area contributed by atoms with Crippen LogP contribution in [0.3, 0.4) is 0 Å². The van der Waals surface area contributed by atoms with E-state index in [0.717, 1.165) is 19.3 Å². The van der Waals surface area contributed by atoms with Crippen LogP contribution in [-0.2, 0) is 16.0 Å². The van der Waals surface area contributed by atoms with E-state index in [4.69, 9.17) is 4.74 Å². The molecule has 0 radical (unpaired) electrons. The molecule has 1 aromatic rings. The van der Waals surface area contributed by atoms with Crippen molar-refractivity contribution in [2.75, 3.05) is 26.8 Å². The molecule has 5 heteroatoms. The molecule has 0 spiro atoms. The summed E-state index contributed by atoms with van der Waals surface area (Å²) < 4.78 is 5.30. The van der Waals surface area contributed by atoms with Crippen molar-refractivity contribution in [3.63, 3.8) is 0 Å². The Morgan fingerprint density at radius 3 is 3.05 bits per heavy atom. The van der Waals surface area contributed by atoms with E-state index < -0.39 is 5.60 Å². The van der Waals surface area contributed by atoms with E-state index in [0.29, 0.717) is 32.6 Å². The predicted molar refractivity (Wildman–Crippen MR) is 82.6 cm³/mol. The van der Waals surface area contributed by atoms with Gasteiger partial charge < -0.3 is 14.7 Å². The van der Waals surface area contributed by atoms with Gasteiger partial charge in [-0.05, 0) is 36.3 Å².